The van der Waals surface area contributed by atoms with Crippen LogP contribution in [0.5, 0.6) is 0 Å². The first-order valence-electron chi connectivity index (χ1n) is 13.6. The molecular weight excluding hydrogens is 539 g/mol. The number of thiazole rings is 2. The summed E-state index contributed by atoms with van der Waals surface area (Å²) in [6.07, 6.45) is 3.72. The van der Waals surface area contributed by atoms with Gasteiger partial charge in [0.2, 0.25) is 0 Å². The fourth-order valence-electron chi connectivity index (χ4n) is 6.17. The van der Waals surface area contributed by atoms with E-state index in [9.17, 15) is 0 Å². The van der Waals surface area contributed by atoms with Gasteiger partial charge >= 0.3 is 0 Å². The maximum atomic E-state index is 4.49. The lowest BCUT2D eigenvalue weighted by atomic mass is 9.91. The quantitative estimate of drug-likeness (QED) is 0.199. The maximum Gasteiger partial charge on any atom is 0.146 e. The van der Waals surface area contributed by atoms with E-state index in [1.165, 1.54) is 55.5 Å². The highest BCUT2D eigenvalue weighted by molar-refractivity contribution is 7.13. The number of quaternary nitrogens is 1. The van der Waals surface area contributed by atoms with Crippen molar-refractivity contribution in [1.29, 1.82) is 0 Å². The fraction of sp³-hybridized carbons (Fsp3) is 0.0556. The second kappa shape index (κ2) is 9.32. The Morgan fingerprint density at radius 2 is 1.07 bits per heavy atom. The highest BCUT2D eigenvalue weighted by Gasteiger charge is 2.39. The smallest absolute Gasteiger partial charge is 0.146 e. The first kappa shape index (κ1) is 24.4. The Labute approximate surface area is 247 Å². The van der Waals surface area contributed by atoms with Crippen LogP contribution in [0.2, 0.25) is 0 Å². The zero-order valence-corrected chi connectivity index (χ0v) is 24.3. The summed E-state index contributed by atoms with van der Waals surface area (Å²) in [4.78, 5) is 8.95. The zero-order chi connectivity index (χ0) is 27.6. The van der Waals surface area contributed by atoms with Gasteiger partial charge in [0.15, 0.2) is 0 Å². The third-order valence-corrected chi connectivity index (χ3v) is 9.91. The molecule has 3 nitrogen and oxygen atoms in total. The minimum atomic E-state index is 0.699. The van der Waals surface area contributed by atoms with E-state index in [0.29, 0.717) is 4.48 Å². The molecule has 2 aromatic heterocycles. The Morgan fingerprint density at radius 3 is 1.68 bits per heavy atom. The van der Waals surface area contributed by atoms with Gasteiger partial charge in [-0.05, 0) is 39.1 Å². The van der Waals surface area contributed by atoms with E-state index in [2.05, 4.69) is 121 Å². The van der Waals surface area contributed by atoms with Crippen molar-refractivity contribution in [3.05, 3.63) is 120 Å². The summed E-state index contributed by atoms with van der Waals surface area (Å²) in [6.45, 7) is 0. The SMILES string of the molecule is C[N+]1(C)c2cc(-c3ccc(-c4nccs4)cc3)ccc2-c2c1cc(-c1ccc(-c3nccs3)cc1)c1ccccc21. The second-order valence-electron chi connectivity index (χ2n) is 10.9. The molecule has 196 valence electrons. The normalized spacial score (nSPS) is 13.3. The molecule has 1 aliphatic rings. The Morgan fingerprint density at radius 1 is 0.512 bits per heavy atom. The number of hydrogen-bond acceptors (Lipinski definition) is 4. The van der Waals surface area contributed by atoms with Crippen LogP contribution < -0.4 is 4.48 Å². The molecule has 0 amide bonds. The number of benzene rings is 5. The summed E-state index contributed by atoms with van der Waals surface area (Å²) < 4.78 is 0.699. The molecule has 0 fully saturated rings. The van der Waals surface area contributed by atoms with Crippen LogP contribution in [0.4, 0.5) is 11.4 Å². The molecular formula is C36H26N3S2+. The molecule has 0 N–H and O–H groups in total. The van der Waals surface area contributed by atoms with Gasteiger partial charge in [-0.3, -0.25) is 4.48 Å². The number of nitrogens with zero attached hydrogens (tertiary/aromatic N) is 3. The number of fused-ring (bicyclic) bond motifs is 5. The third-order valence-electron chi connectivity index (χ3n) is 8.27. The summed E-state index contributed by atoms with van der Waals surface area (Å²) >= 11 is 3.34. The standard InChI is InChI=1S/C36H26N3S2/c1-39(2)32-21-27(23-7-11-25(12-8-23)35-37-17-19-40-35)15-16-30(32)34-29-6-4-3-5-28(29)31(22-33(34)39)24-9-13-26(14-10-24)36-38-18-20-41-36/h3-22H,1-2H3/q+1. The molecule has 0 unspecified atom stereocenters. The Kier molecular flexibility index (Phi) is 5.54. The van der Waals surface area contributed by atoms with E-state index < -0.39 is 0 Å². The molecule has 5 aromatic carbocycles. The van der Waals surface area contributed by atoms with E-state index >= 15 is 0 Å². The maximum absolute atomic E-state index is 4.49. The molecule has 7 aromatic rings. The van der Waals surface area contributed by atoms with E-state index in [4.69, 9.17) is 0 Å². The van der Waals surface area contributed by atoms with Crippen LogP contribution in [0.1, 0.15) is 0 Å². The van der Waals surface area contributed by atoms with Gasteiger partial charge in [0.25, 0.3) is 0 Å². The minimum absolute atomic E-state index is 0.699. The van der Waals surface area contributed by atoms with Gasteiger partial charge in [0, 0.05) is 52.0 Å². The molecule has 0 radical (unpaired) electrons. The van der Waals surface area contributed by atoms with Crippen molar-refractivity contribution in [3.63, 3.8) is 0 Å². The fourth-order valence-corrected chi connectivity index (χ4v) is 7.46. The van der Waals surface area contributed by atoms with Crippen molar-refractivity contribution >= 4 is 44.8 Å². The highest BCUT2D eigenvalue weighted by atomic mass is 32.1. The molecule has 0 spiro atoms. The van der Waals surface area contributed by atoms with Gasteiger partial charge in [-0.2, -0.15) is 0 Å². The summed E-state index contributed by atoms with van der Waals surface area (Å²) in [7, 11) is 4.62. The molecule has 0 saturated heterocycles. The van der Waals surface area contributed by atoms with Gasteiger partial charge in [-0.1, -0.05) is 78.9 Å². The first-order valence-corrected chi connectivity index (χ1v) is 15.4. The molecule has 0 aliphatic carbocycles. The zero-order valence-electron chi connectivity index (χ0n) is 22.7. The van der Waals surface area contributed by atoms with Crippen LogP contribution >= 0.6 is 22.7 Å². The second-order valence-corrected chi connectivity index (χ2v) is 12.7. The van der Waals surface area contributed by atoms with Gasteiger partial charge in [-0.15, -0.1) is 22.7 Å². The van der Waals surface area contributed by atoms with Crippen molar-refractivity contribution in [2.24, 2.45) is 0 Å². The lowest BCUT2D eigenvalue weighted by molar-refractivity contribution is 0.569. The Balaban J connectivity index is 1.24. The van der Waals surface area contributed by atoms with E-state index in [1.54, 1.807) is 22.7 Å². The third kappa shape index (κ3) is 3.89. The van der Waals surface area contributed by atoms with Crippen LogP contribution in [0.25, 0.3) is 65.3 Å². The largest absolute Gasteiger partial charge is 0.262 e. The number of hydrogen-bond donors (Lipinski definition) is 0. The van der Waals surface area contributed by atoms with E-state index in [0.717, 1.165) is 21.1 Å². The lowest BCUT2D eigenvalue weighted by Crippen LogP contribution is -2.32. The number of aromatic nitrogens is 2. The summed E-state index contributed by atoms with van der Waals surface area (Å²) in [6, 6.07) is 35.9. The molecule has 0 saturated carbocycles. The average molecular weight is 565 g/mol. The molecule has 41 heavy (non-hydrogen) atoms. The van der Waals surface area contributed by atoms with Crippen LogP contribution in [-0.4, -0.2) is 24.1 Å². The monoisotopic (exact) mass is 564 g/mol. The molecule has 1 aliphatic heterocycles. The van der Waals surface area contributed by atoms with Crippen molar-refractivity contribution in [2.45, 2.75) is 0 Å². The molecule has 8 rings (SSSR count). The molecule has 0 bridgehead atoms. The molecule has 3 heterocycles. The lowest BCUT2D eigenvalue weighted by Gasteiger charge is -2.26. The topological polar surface area (TPSA) is 25.8 Å². The number of rotatable bonds is 4. The molecule has 0 atom stereocenters. The van der Waals surface area contributed by atoms with Gasteiger partial charge in [0.1, 0.15) is 21.4 Å². The van der Waals surface area contributed by atoms with Crippen LogP contribution in [0.3, 0.4) is 0 Å². The van der Waals surface area contributed by atoms with Crippen LogP contribution in [0.15, 0.2) is 120 Å². The van der Waals surface area contributed by atoms with E-state index in [-0.39, 0.29) is 0 Å². The van der Waals surface area contributed by atoms with Crippen LogP contribution in [-0.2, 0) is 0 Å². The van der Waals surface area contributed by atoms with E-state index in [1.807, 2.05) is 23.2 Å². The predicted molar refractivity (Wildman–Crippen MR) is 176 cm³/mol. The Hall–Kier alpha value is -4.42. The summed E-state index contributed by atoms with van der Waals surface area (Å²) in [5.74, 6) is 0. The molecule has 5 heteroatoms. The summed E-state index contributed by atoms with van der Waals surface area (Å²) in [5.41, 5.74) is 12.6. The minimum Gasteiger partial charge on any atom is -0.262 e. The highest BCUT2D eigenvalue weighted by Crippen LogP contribution is 2.56. The van der Waals surface area contributed by atoms with Gasteiger partial charge < -0.3 is 0 Å². The first-order chi connectivity index (χ1) is 20.1. The predicted octanol–water partition coefficient (Wildman–Crippen LogP) is 10.3. The van der Waals surface area contributed by atoms with Gasteiger partial charge in [-0.25, -0.2) is 9.97 Å². The van der Waals surface area contributed by atoms with Crippen molar-refractivity contribution in [3.8, 4) is 54.5 Å². The summed E-state index contributed by atoms with van der Waals surface area (Å²) in [5, 5.41) is 8.74. The average Bonchev–Trinajstić information content (AvgIpc) is 3.79. The van der Waals surface area contributed by atoms with Crippen molar-refractivity contribution < 1.29 is 0 Å². The van der Waals surface area contributed by atoms with Gasteiger partial charge in [0.05, 0.1) is 19.7 Å². The van der Waals surface area contributed by atoms with Crippen molar-refractivity contribution in [1.82, 2.24) is 14.5 Å². The van der Waals surface area contributed by atoms with Crippen molar-refractivity contribution in [2.75, 3.05) is 14.1 Å². The van der Waals surface area contributed by atoms with Crippen LogP contribution in [0, 0.1) is 0 Å². The Bertz CT molecular complexity index is 2040.